The van der Waals surface area contributed by atoms with Gasteiger partial charge in [0, 0.05) is 11.1 Å². The van der Waals surface area contributed by atoms with Crippen molar-refractivity contribution in [2.45, 2.75) is 20.8 Å². The molecule has 1 heteroatoms. The topological polar surface area (TPSA) is 12.9 Å². The number of benzene rings is 2. The van der Waals surface area contributed by atoms with Crippen molar-refractivity contribution in [2.75, 3.05) is 0 Å². The zero-order chi connectivity index (χ0) is 13.4. The quantitative estimate of drug-likeness (QED) is 0.600. The predicted molar refractivity (Wildman–Crippen MR) is 81.4 cm³/mol. The number of fused-ring (bicyclic) bond motifs is 1. The van der Waals surface area contributed by atoms with Gasteiger partial charge < -0.3 is 0 Å². The number of aromatic nitrogens is 1. The summed E-state index contributed by atoms with van der Waals surface area (Å²) in [5, 5.41) is 1.23. The molecule has 3 aromatic rings. The molecule has 0 unspecified atom stereocenters. The minimum absolute atomic E-state index is 1.06. The third kappa shape index (κ3) is 2.24. The molecule has 0 aliphatic rings. The van der Waals surface area contributed by atoms with Crippen LogP contribution in [0.15, 0.2) is 48.5 Å². The lowest BCUT2D eigenvalue weighted by Crippen LogP contribution is -1.89. The predicted octanol–water partition coefficient (Wildman–Crippen LogP) is 4.83. The first kappa shape index (κ1) is 11.9. The highest BCUT2D eigenvalue weighted by atomic mass is 14.7. The van der Waals surface area contributed by atoms with Crippen LogP contribution in [0.25, 0.3) is 22.0 Å². The highest BCUT2D eigenvalue weighted by molar-refractivity contribution is 5.95. The summed E-state index contributed by atoms with van der Waals surface area (Å²) in [7, 11) is 0. The summed E-state index contributed by atoms with van der Waals surface area (Å²) >= 11 is 0. The maximum atomic E-state index is 4.62. The van der Waals surface area contributed by atoms with Gasteiger partial charge in [0.2, 0.25) is 0 Å². The van der Waals surface area contributed by atoms with Gasteiger partial charge in [-0.2, -0.15) is 0 Å². The molecule has 0 aliphatic carbocycles. The minimum Gasteiger partial charge on any atom is -0.253 e. The molecule has 0 radical (unpaired) electrons. The van der Waals surface area contributed by atoms with Crippen LogP contribution in [0.4, 0.5) is 0 Å². The molecule has 3 rings (SSSR count). The summed E-state index contributed by atoms with van der Waals surface area (Å²) in [6.07, 6.45) is 0. The summed E-state index contributed by atoms with van der Waals surface area (Å²) in [6, 6.07) is 17.3. The molecule has 19 heavy (non-hydrogen) atoms. The van der Waals surface area contributed by atoms with Gasteiger partial charge in [0.25, 0.3) is 0 Å². The Bertz CT molecular complexity index is 739. The van der Waals surface area contributed by atoms with E-state index in [1.807, 2.05) is 0 Å². The Hall–Kier alpha value is -2.15. The molecular formula is C18H17N. The number of hydrogen-bond donors (Lipinski definition) is 0. The van der Waals surface area contributed by atoms with Crippen LogP contribution in [-0.2, 0) is 0 Å². The Morgan fingerprint density at radius 2 is 1.42 bits per heavy atom. The summed E-state index contributed by atoms with van der Waals surface area (Å²) in [5.41, 5.74) is 7.22. The van der Waals surface area contributed by atoms with Crippen molar-refractivity contribution < 1.29 is 0 Å². The number of nitrogens with zero attached hydrogens (tertiary/aromatic N) is 1. The number of aryl methyl sites for hydroxylation is 3. The van der Waals surface area contributed by atoms with Gasteiger partial charge in [-0.1, -0.05) is 41.5 Å². The van der Waals surface area contributed by atoms with Gasteiger partial charge in [-0.15, -0.1) is 0 Å². The van der Waals surface area contributed by atoms with Crippen LogP contribution in [0.1, 0.15) is 16.8 Å². The molecule has 2 aromatic carbocycles. The Kier molecular flexibility index (Phi) is 2.83. The first-order chi connectivity index (χ1) is 9.13. The Balaban J connectivity index is 2.32. The summed E-state index contributed by atoms with van der Waals surface area (Å²) in [6.45, 7) is 6.29. The van der Waals surface area contributed by atoms with E-state index in [0.717, 1.165) is 11.2 Å². The molecule has 1 aromatic heterocycles. The Morgan fingerprint density at radius 3 is 2.16 bits per heavy atom. The van der Waals surface area contributed by atoms with E-state index in [9.17, 15) is 0 Å². The third-order valence-corrected chi connectivity index (χ3v) is 3.45. The maximum absolute atomic E-state index is 4.62. The van der Waals surface area contributed by atoms with Gasteiger partial charge in [-0.25, -0.2) is 0 Å². The molecule has 0 saturated carbocycles. The van der Waals surface area contributed by atoms with Crippen LogP contribution < -0.4 is 0 Å². The summed E-state index contributed by atoms with van der Waals surface area (Å²) in [4.78, 5) is 4.62. The number of rotatable bonds is 1. The second kappa shape index (κ2) is 4.51. The molecule has 1 heterocycles. The van der Waals surface area contributed by atoms with E-state index in [1.54, 1.807) is 0 Å². The summed E-state index contributed by atoms with van der Waals surface area (Å²) < 4.78 is 0. The van der Waals surface area contributed by atoms with E-state index in [1.165, 1.54) is 27.6 Å². The number of pyridine rings is 1. The Morgan fingerprint density at radius 1 is 0.737 bits per heavy atom. The molecule has 94 valence electrons. The Labute approximate surface area is 113 Å². The largest absolute Gasteiger partial charge is 0.253 e. The SMILES string of the molecule is Cc1ccc(-c2cc(C)nc3ccc(C)cc23)cc1. The highest BCUT2D eigenvalue weighted by Gasteiger charge is 2.06. The molecule has 0 amide bonds. The fraction of sp³-hybridized carbons (Fsp3) is 0.167. The third-order valence-electron chi connectivity index (χ3n) is 3.45. The standard InChI is InChI=1S/C18H17N/c1-12-4-7-15(8-5-12)16-11-14(3)19-18-9-6-13(2)10-17(16)18/h4-11H,1-3H3. The average molecular weight is 247 g/mol. The lowest BCUT2D eigenvalue weighted by molar-refractivity contribution is 1.25. The van der Waals surface area contributed by atoms with Crippen molar-refractivity contribution in [3.05, 3.63) is 65.4 Å². The zero-order valence-electron chi connectivity index (χ0n) is 11.6. The average Bonchev–Trinajstić information content (AvgIpc) is 2.39. The normalized spacial score (nSPS) is 10.9. The lowest BCUT2D eigenvalue weighted by atomic mass is 9.98. The molecular weight excluding hydrogens is 230 g/mol. The van der Waals surface area contributed by atoms with E-state index in [-0.39, 0.29) is 0 Å². The first-order valence-corrected chi connectivity index (χ1v) is 6.58. The molecule has 1 nitrogen and oxygen atoms in total. The van der Waals surface area contributed by atoms with Crippen LogP contribution >= 0.6 is 0 Å². The van der Waals surface area contributed by atoms with E-state index in [2.05, 4.69) is 74.3 Å². The van der Waals surface area contributed by atoms with Gasteiger partial charge in [-0.3, -0.25) is 4.98 Å². The molecule has 0 N–H and O–H groups in total. The monoisotopic (exact) mass is 247 g/mol. The van der Waals surface area contributed by atoms with E-state index < -0.39 is 0 Å². The van der Waals surface area contributed by atoms with Crippen molar-refractivity contribution >= 4 is 10.9 Å². The van der Waals surface area contributed by atoms with E-state index in [0.29, 0.717) is 0 Å². The molecule has 0 aliphatic heterocycles. The summed E-state index contributed by atoms with van der Waals surface area (Å²) in [5.74, 6) is 0. The van der Waals surface area contributed by atoms with Gasteiger partial charge in [0.05, 0.1) is 5.52 Å². The smallest absolute Gasteiger partial charge is 0.0711 e. The van der Waals surface area contributed by atoms with Crippen molar-refractivity contribution in [3.63, 3.8) is 0 Å². The van der Waals surface area contributed by atoms with Crippen molar-refractivity contribution in [1.82, 2.24) is 4.98 Å². The van der Waals surface area contributed by atoms with Gasteiger partial charge in [-0.05, 0) is 50.1 Å². The second-order valence-corrected chi connectivity index (χ2v) is 5.20. The van der Waals surface area contributed by atoms with Crippen molar-refractivity contribution in [3.8, 4) is 11.1 Å². The van der Waals surface area contributed by atoms with Crippen LogP contribution in [0, 0.1) is 20.8 Å². The van der Waals surface area contributed by atoms with Gasteiger partial charge >= 0.3 is 0 Å². The fourth-order valence-electron chi connectivity index (χ4n) is 2.44. The van der Waals surface area contributed by atoms with Gasteiger partial charge in [0.1, 0.15) is 0 Å². The second-order valence-electron chi connectivity index (χ2n) is 5.20. The molecule has 0 fully saturated rings. The molecule has 0 bridgehead atoms. The minimum atomic E-state index is 1.06. The molecule has 0 spiro atoms. The van der Waals surface area contributed by atoms with Crippen LogP contribution in [-0.4, -0.2) is 4.98 Å². The van der Waals surface area contributed by atoms with Crippen LogP contribution in [0.5, 0.6) is 0 Å². The van der Waals surface area contributed by atoms with Crippen molar-refractivity contribution in [2.24, 2.45) is 0 Å². The van der Waals surface area contributed by atoms with Crippen LogP contribution in [0.3, 0.4) is 0 Å². The van der Waals surface area contributed by atoms with Gasteiger partial charge in [0.15, 0.2) is 0 Å². The number of hydrogen-bond acceptors (Lipinski definition) is 1. The van der Waals surface area contributed by atoms with E-state index in [4.69, 9.17) is 0 Å². The highest BCUT2D eigenvalue weighted by Crippen LogP contribution is 2.29. The maximum Gasteiger partial charge on any atom is 0.0711 e. The fourth-order valence-corrected chi connectivity index (χ4v) is 2.44. The molecule has 0 saturated heterocycles. The molecule has 0 atom stereocenters. The van der Waals surface area contributed by atoms with Crippen molar-refractivity contribution in [1.29, 1.82) is 0 Å². The first-order valence-electron chi connectivity index (χ1n) is 6.58. The van der Waals surface area contributed by atoms with Crippen LogP contribution in [0.2, 0.25) is 0 Å². The van der Waals surface area contributed by atoms with E-state index >= 15 is 0 Å². The lowest BCUT2D eigenvalue weighted by Gasteiger charge is -2.09. The zero-order valence-corrected chi connectivity index (χ0v) is 11.6.